The van der Waals surface area contributed by atoms with Crippen molar-refractivity contribution in [1.82, 2.24) is 0 Å². The van der Waals surface area contributed by atoms with Crippen molar-refractivity contribution in [2.75, 3.05) is 7.11 Å². The van der Waals surface area contributed by atoms with Crippen molar-refractivity contribution in [3.05, 3.63) is 71.0 Å². The Morgan fingerprint density at radius 3 is 2.70 bits per heavy atom. The summed E-state index contributed by atoms with van der Waals surface area (Å²) in [5, 5.41) is 11.4. The van der Waals surface area contributed by atoms with Crippen LogP contribution in [0.3, 0.4) is 0 Å². The van der Waals surface area contributed by atoms with E-state index >= 15 is 0 Å². The number of ether oxygens (including phenoxy) is 1. The minimum atomic E-state index is -0.387. The van der Waals surface area contributed by atoms with E-state index in [0.717, 1.165) is 11.5 Å². The van der Waals surface area contributed by atoms with E-state index in [2.05, 4.69) is 0 Å². The summed E-state index contributed by atoms with van der Waals surface area (Å²) in [6.07, 6.45) is 2.66. The van der Waals surface area contributed by atoms with E-state index in [-0.39, 0.29) is 11.5 Å². The van der Waals surface area contributed by atoms with Crippen LogP contribution in [0, 0.1) is 0 Å². The Balaban J connectivity index is 2.04. The lowest BCUT2D eigenvalue weighted by atomic mass is 10.1. The minimum Gasteiger partial charge on any atom is -0.507 e. The van der Waals surface area contributed by atoms with E-state index < -0.39 is 0 Å². The van der Waals surface area contributed by atoms with Crippen molar-refractivity contribution >= 4 is 34.1 Å². The number of aliphatic hydroxyl groups excluding tert-OH is 1. The number of rotatable bonds is 4. The van der Waals surface area contributed by atoms with Crippen LogP contribution >= 0.6 is 11.6 Å². The maximum Gasteiger partial charge on any atom is 0.191 e. The second-order valence-corrected chi connectivity index (χ2v) is 5.26. The molecule has 0 radical (unpaired) electrons. The number of fused-ring (bicyclic) bond motifs is 1. The molecular weight excluding hydrogens is 316 g/mol. The number of carbonyl (C=O) groups is 1. The Bertz CT molecular complexity index is 908. The summed E-state index contributed by atoms with van der Waals surface area (Å²) in [5.41, 5.74) is 1.36. The van der Waals surface area contributed by atoms with Crippen LogP contribution in [0.25, 0.3) is 16.7 Å². The quantitative estimate of drug-likeness (QED) is 0.421. The van der Waals surface area contributed by atoms with Gasteiger partial charge >= 0.3 is 0 Å². The van der Waals surface area contributed by atoms with Gasteiger partial charge in [0.1, 0.15) is 17.1 Å². The summed E-state index contributed by atoms with van der Waals surface area (Å²) < 4.78 is 10.6. The van der Waals surface area contributed by atoms with Crippen LogP contribution in [0.5, 0.6) is 5.75 Å². The molecule has 0 aliphatic heterocycles. The van der Waals surface area contributed by atoms with Crippen molar-refractivity contribution in [3.8, 4) is 5.75 Å². The largest absolute Gasteiger partial charge is 0.507 e. The van der Waals surface area contributed by atoms with Gasteiger partial charge in [0.25, 0.3) is 0 Å². The van der Waals surface area contributed by atoms with Crippen molar-refractivity contribution < 1.29 is 19.1 Å². The first-order valence-electron chi connectivity index (χ1n) is 6.86. The fourth-order valence-corrected chi connectivity index (χ4v) is 2.61. The number of carbonyl (C=O) groups excluding carboxylic acids is 1. The maximum atomic E-state index is 12.3. The van der Waals surface area contributed by atoms with Gasteiger partial charge in [-0.15, -0.1) is 0 Å². The third-order valence-corrected chi connectivity index (χ3v) is 3.80. The zero-order valence-electron chi connectivity index (χ0n) is 12.2. The van der Waals surface area contributed by atoms with Crippen molar-refractivity contribution in [1.29, 1.82) is 0 Å². The fraction of sp³-hybridized carbons (Fsp3) is 0.0556. The molecule has 0 aliphatic carbocycles. The first kappa shape index (κ1) is 15.2. The molecule has 2 aromatic carbocycles. The van der Waals surface area contributed by atoms with Gasteiger partial charge in [-0.1, -0.05) is 23.7 Å². The molecule has 23 heavy (non-hydrogen) atoms. The van der Waals surface area contributed by atoms with Crippen LogP contribution in [-0.2, 0) is 0 Å². The molecule has 1 aromatic heterocycles. The zero-order chi connectivity index (χ0) is 16.4. The van der Waals surface area contributed by atoms with Gasteiger partial charge in [0.05, 0.1) is 29.3 Å². The second-order valence-electron chi connectivity index (χ2n) is 4.85. The molecular formula is C18H13ClO4. The highest BCUT2D eigenvalue weighted by Gasteiger charge is 2.15. The van der Waals surface area contributed by atoms with E-state index in [1.165, 1.54) is 13.4 Å². The van der Waals surface area contributed by atoms with Gasteiger partial charge in [-0.3, -0.25) is 4.79 Å². The average Bonchev–Trinajstić information content (AvgIpc) is 3.02. The Hall–Kier alpha value is -2.72. The summed E-state index contributed by atoms with van der Waals surface area (Å²) in [6.45, 7) is 0. The van der Waals surface area contributed by atoms with Crippen LogP contribution in [-0.4, -0.2) is 18.0 Å². The highest BCUT2D eigenvalue weighted by atomic mass is 35.5. The number of hydrogen-bond acceptors (Lipinski definition) is 4. The van der Waals surface area contributed by atoms with E-state index in [1.807, 2.05) is 0 Å². The topological polar surface area (TPSA) is 59.7 Å². The SMILES string of the molecule is COc1c(C(O)=CC(=O)c2ccccc2Cl)ccc2occc12. The lowest BCUT2D eigenvalue weighted by molar-refractivity contribution is 0.104. The van der Waals surface area contributed by atoms with E-state index in [0.29, 0.717) is 27.5 Å². The van der Waals surface area contributed by atoms with Crippen molar-refractivity contribution in [2.45, 2.75) is 0 Å². The van der Waals surface area contributed by atoms with E-state index in [4.69, 9.17) is 20.8 Å². The third-order valence-electron chi connectivity index (χ3n) is 3.47. The van der Waals surface area contributed by atoms with Crippen LogP contribution < -0.4 is 4.74 Å². The fourth-order valence-electron chi connectivity index (χ4n) is 2.38. The molecule has 0 saturated heterocycles. The molecule has 0 saturated carbocycles. The van der Waals surface area contributed by atoms with Gasteiger partial charge in [-0.2, -0.15) is 0 Å². The van der Waals surface area contributed by atoms with E-state index in [1.54, 1.807) is 42.5 Å². The second kappa shape index (κ2) is 6.18. The third kappa shape index (κ3) is 2.81. The van der Waals surface area contributed by atoms with Crippen molar-refractivity contribution in [3.63, 3.8) is 0 Å². The number of halogens is 1. The molecule has 0 aliphatic rings. The highest BCUT2D eigenvalue weighted by Crippen LogP contribution is 2.34. The smallest absolute Gasteiger partial charge is 0.191 e. The molecule has 116 valence electrons. The van der Waals surface area contributed by atoms with Crippen LogP contribution in [0.4, 0.5) is 0 Å². The average molecular weight is 329 g/mol. The Labute approximate surface area is 137 Å². The van der Waals surface area contributed by atoms with Gasteiger partial charge in [-0.05, 0) is 30.3 Å². The molecule has 0 unspecified atom stereocenters. The molecule has 1 heterocycles. The first-order valence-corrected chi connectivity index (χ1v) is 7.23. The zero-order valence-corrected chi connectivity index (χ0v) is 13.0. The Morgan fingerprint density at radius 2 is 1.96 bits per heavy atom. The van der Waals surface area contributed by atoms with Crippen molar-refractivity contribution in [2.24, 2.45) is 0 Å². The Kier molecular flexibility index (Phi) is 4.08. The standard InChI is InChI=1S/C18H13ClO4/c1-22-18-12(6-7-17-13(18)8-9-23-17)16(21)10-15(20)11-4-2-3-5-14(11)19/h2-10,21H,1H3. The number of aliphatic hydroxyl groups is 1. The molecule has 4 nitrogen and oxygen atoms in total. The molecule has 3 rings (SSSR count). The molecule has 3 aromatic rings. The molecule has 0 fully saturated rings. The molecule has 0 amide bonds. The summed E-state index contributed by atoms with van der Waals surface area (Å²) >= 11 is 6.00. The van der Waals surface area contributed by atoms with E-state index in [9.17, 15) is 9.90 Å². The summed E-state index contributed by atoms with van der Waals surface area (Å²) in [5.74, 6) is -0.144. The molecule has 5 heteroatoms. The summed E-state index contributed by atoms with van der Waals surface area (Å²) in [7, 11) is 1.49. The molecule has 1 N–H and O–H groups in total. The van der Waals surface area contributed by atoms with Crippen LogP contribution in [0.1, 0.15) is 15.9 Å². The van der Waals surface area contributed by atoms with Gasteiger partial charge in [-0.25, -0.2) is 0 Å². The highest BCUT2D eigenvalue weighted by molar-refractivity contribution is 6.34. The first-order chi connectivity index (χ1) is 11.1. The number of benzene rings is 2. The molecule has 0 spiro atoms. The van der Waals surface area contributed by atoms with Gasteiger partial charge in [0.15, 0.2) is 5.78 Å². The predicted molar refractivity (Wildman–Crippen MR) is 89.2 cm³/mol. The van der Waals surface area contributed by atoms with Gasteiger partial charge < -0.3 is 14.3 Å². The number of ketones is 1. The number of furan rings is 1. The van der Waals surface area contributed by atoms with Gasteiger partial charge in [0, 0.05) is 11.6 Å². The van der Waals surface area contributed by atoms with Crippen LogP contribution in [0.2, 0.25) is 5.02 Å². The lowest BCUT2D eigenvalue weighted by Gasteiger charge is -2.09. The number of methoxy groups -OCH3 is 1. The monoisotopic (exact) mass is 328 g/mol. The Morgan fingerprint density at radius 1 is 1.17 bits per heavy atom. The molecule has 0 atom stereocenters. The summed E-state index contributed by atoms with van der Waals surface area (Å²) in [4.78, 5) is 12.3. The minimum absolute atomic E-state index is 0.199. The normalized spacial score (nSPS) is 11.7. The van der Waals surface area contributed by atoms with Gasteiger partial charge in [0.2, 0.25) is 0 Å². The molecule has 0 bridgehead atoms. The predicted octanol–water partition coefficient (Wildman–Crippen LogP) is 4.88. The summed E-state index contributed by atoms with van der Waals surface area (Å²) in [6, 6.07) is 11.7. The maximum absolute atomic E-state index is 12.3. The number of allylic oxidation sites excluding steroid dienone is 1. The lowest BCUT2D eigenvalue weighted by Crippen LogP contribution is -1.99. The number of hydrogen-bond donors (Lipinski definition) is 1. The van der Waals surface area contributed by atoms with Crippen LogP contribution in [0.15, 0.2) is 59.2 Å².